The van der Waals surface area contributed by atoms with Crippen LogP contribution in [0.15, 0.2) is 29.0 Å². The van der Waals surface area contributed by atoms with Gasteiger partial charge in [-0.2, -0.15) is 4.98 Å². The molecule has 18 heavy (non-hydrogen) atoms. The predicted molar refractivity (Wildman–Crippen MR) is 70.3 cm³/mol. The first-order chi connectivity index (χ1) is 8.69. The third-order valence-corrected chi connectivity index (χ3v) is 2.62. The summed E-state index contributed by atoms with van der Waals surface area (Å²) in [5.41, 5.74) is 2.37. The molecule has 0 radical (unpaired) electrons. The summed E-state index contributed by atoms with van der Waals surface area (Å²) in [7, 11) is 0. The van der Waals surface area contributed by atoms with Crippen molar-refractivity contribution in [1.82, 2.24) is 9.97 Å². The second-order valence-electron chi connectivity index (χ2n) is 3.86. The lowest BCUT2D eigenvalue weighted by atomic mass is 10.2. The van der Waals surface area contributed by atoms with E-state index in [2.05, 4.69) is 20.7 Å². The van der Waals surface area contributed by atoms with Crippen LogP contribution in [0.4, 0.5) is 11.8 Å². The first-order valence-corrected chi connectivity index (χ1v) is 5.85. The third-order valence-electron chi connectivity index (χ3n) is 2.34. The van der Waals surface area contributed by atoms with E-state index in [-0.39, 0.29) is 6.04 Å². The van der Waals surface area contributed by atoms with Crippen LogP contribution in [0.3, 0.4) is 0 Å². The number of hydrazine groups is 1. The highest BCUT2D eigenvalue weighted by atomic mass is 35.5. The molecule has 0 amide bonds. The Morgan fingerprint density at radius 3 is 3.06 bits per heavy atom. The second-order valence-corrected chi connectivity index (χ2v) is 4.27. The quantitative estimate of drug-likeness (QED) is 0.568. The number of anilines is 2. The van der Waals surface area contributed by atoms with E-state index in [1.807, 2.05) is 19.1 Å². The highest BCUT2D eigenvalue weighted by molar-refractivity contribution is 6.32. The molecule has 0 saturated heterocycles. The van der Waals surface area contributed by atoms with Gasteiger partial charge in [0.1, 0.15) is 10.8 Å². The minimum absolute atomic E-state index is 0.120. The van der Waals surface area contributed by atoms with Crippen LogP contribution in [0.2, 0.25) is 5.02 Å². The lowest BCUT2D eigenvalue weighted by Gasteiger charge is -2.14. The zero-order chi connectivity index (χ0) is 13.0. The summed E-state index contributed by atoms with van der Waals surface area (Å²) in [6, 6.07) is 3.90. The lowest BCUT2D eigenvalue weighted by Crippen LogP contribution is -2.20. The molecule has 1 unspecified atom stereocenters. The summed E-state index contributed by atoms with van der Waals surface area (Å²) in [5.74, 6) is 7.00. The number of hydrogen-bond acceptors (Lipinski definition) is 6. The third kappa shape index (κ3) is 3.12. The number of nitrogens with zero attached hydrogens (tertiary/aromatic N) is 2. The Balaban J connectivity index is 2.04. The average molecular weight is 268 g/mol. The Bertz CT molecular complexity index is 502. The van der Waals surface area contributed by atoms with Crippen molar-refractivity contribution in [2.45, 2.75) is 19.4 Å². The van der Waals surface area contributed by atoms with Crippen molar-refractivity contribution in [2.24, 2.45) is 5.84 Å². The van der Waals surface area contributed by atoms with E-state index in [9.17, 15) is 0 Å². The maximum atomic E-state index is 6.00. The van der Waals surface area contributed by atoms with Crippen LogP contribution in [-0.4, -0.2) is 16.0 Å². The highest BCUT2D eigenvalue weighted by Crippen LogP contribution is 2.20. The second kappa shape index (κ2) is 5.70. The molecule has 0 saturated carbocycles. The van der Waals surface area contributed by atoms with Crippen LogP contribution in [-0.2, 0) is 6.42 Å². The maximum absolute atomic E-state index is 6.00. The first-order valence-electron chi connectivity index (χ1n) is 5.47. The number of aromatic nitrogens is 2. The fraction of sp³-hybridized carbons (Fsp3) is 0.273. The fourth-order valence-electron chi connectivity index (χ4n) is 1.55. The van der Waals surface area contributed by atoms with Gasteiger partial charge in [0.05, 0.1) is 12.5 Å². The van der Waals surface area contributed by atoms with E-state index < -0.39 is 0 Å². The number of furan rings is 1. The summed E-state index contributed by atoms with van der Waals surface area (Å²) >= 11 is 6.00. The van der Waals surface area contributed by atoms with E-state index in [1.165, 1.54) is 6.20 Å². The average Bonchev–Trinajstić information content (AvgIpc) is 2.84. The number of halogens is 1. The zero-order valence-corrected chi connectivity index (χ0v) is 10.6. The Kier molecular flexibility index (Phi) is 4.01. The number of hydrogen-bond donors (Lipinski definition) is 3. The Hall–Kier alpha value is -1.79. The number of nitrogens with one attached hydrogen (secondary N) is 2. The summed E-state index contributed by atoms with van der Waals surface area (Å²) in [5, 5.41) is 3.63. The molecule has 0 spiro atoms. The van der Waals surface area contributed by atoms with Gasteiger partial charge in [0, 0.05) is 12.5 Å². The summed E-state index contributed by atoms with van der Waals surface area (Å²) in [4.78, 5) is 8.04. The molecule has 0 bridgehead atoms. The van der Waals surface area contributed by atoms with E-state index in [0.717, 1.165) is 12.2 Å². The molecule has 6 nitrogen and oxygen atoms in total. The van der Waals surface area contributed by atoms with Gasteiger partial charge in [-0.15, -0.1) is 0 Å². The fourth-order valence-corrected chi connectivity index (χ4v) is 1.70. The van der Waals surface area contributed by atoms with E-state index in [0.29, 0.717) is 16.8 Å². The number of nitrogen functional groups attached to an aromatic ring is 1. The molecule has 0 aliphatic carbocycles. The van der Waals surface area contributed by atoms with Gasteiger partial charge in [-0.1, -0.05) is 11.6 Å². The molecule has 0 fully saturated rings. The molecular weight excluding hydrogens is 254 g/mol. The van der Waals surface area contributed by atoms with Crippen LogP contribution in [0.5, 0.6) is 0 Å². The SMILES string of the molecule is CC(Cc1ccco1)Nc1nc(NN)ncc1Cl. The van der Waals surface area contributed by atoms with Crippen molar-refractivity contribution in [3.63, 3.8) is 0 Å². The molecule has 4 N–H and O–H groups in total. The molecule has 0 aliphatic rings. The topological polar surface area (TPSA) is 89.0 Å². The summed E-state index contributed by atoms with van der Waals surface area (Å²) in [6.45, 7) is 2.01. The van der Waals surface area contributed by atoms with Crippen LogP contribution >= 0.6 is 11.6 Å². The summed E-state index contributed by atoms with van der Waals surface area (Å²) < 4.78 is 5.28. The van der Waals surface area contributed by atoms with Crippen LogP contribution in [0, 0.1) is 0 Å². The van der Waals surface area contributed by atoms with Gasteiger partial charge in [-0.25, -0.2) is 10.8 Å². The normalized spacial score (nSPS) is 12.2. The van der Waals surface area contributed by atoms with Crippen LogP contribution < -0.4 is 16.6 Å². The molecule has 1 atom stereocenters. The van der Waals surface area contributed by atoms with Gasteiger partial charge in [0.15, 0.2) is 5.82 Å². The van der Waals surface area contributed by atoms with Crippen molar-refractivity contribution in [3.8, 4) is 0 Å². The van der Waals surface area contributed by atoms with Crippen molar-refractivity contribution >= 4 is 23.4 Å². The smallest absolute Gasteiger partial charge is 0.239 e. The molecule has 2 heterocycles. The minimum Gasteiger partial charge on any atom is -0.469 e. The van der Waals surface area contributed by atoms with E-state index in [1.54, 1.807) is 6.26 Å². The molecule has 2 aromatic heterocycles. The Labute approximate surface area is 110 Å². The number of nitrogens with two attached hydrogens (primary N) is 1. The molecule has 0 aliphatic heterocycles. The van der Waals surface area contributed by atoms with E-state index >= 15 is 0 Å². The molecule has 0 aromatic carbocycles. The van der Waals surface area contributed by atoms with Crippen molar-refractivity contribution in [3.05, 3.63) is 35.4 Å². The van der Waals surface area contributed by atoms with Gasteiger partial charge in [0.25, 0.3) is 0 Å². The minimum atomic E-state index is 0.120. The molecular formula is C11H14ClN5O. The first kappa shape index (κ1) is 12.7. The highest BCUT2D eigenvalue weighted by Gasteiger charge is 2.10. The van der Waals surface area contributed by atoms with Crippen molar-refractivity contribution in [1.29, 1.82) is 0 Å². The standard InChI is InChI=1S/C11H14ClN5O/c1-7(5-8-3-2-4-18-8)15-10-9(12)6-14-11(16-10)17-13/h2-4,6-7H,5,13H2,1H3,(H2,14,15,16,17). The number of rotatable bonds is 5. The van der Waals surface area contributed by atoms with E-state index in [4.69, 9.17) is 21.9 Å². The van der Waals surface area contributed by atoms with Crippen LogP contribution in [0.1, 0.15) is 12.7 Å². The largest absolute Gasteiger partial charge is 0.469 e. The monoisotopic (exact) mass is 267 g/mol. The lowest BCUT2D eigenvalue weighted by molar-refractivity contribution is 0.497. The van der Waals surface area contributed by atoms with Gasteiger partial charge >= 0.3 is 0 Å². The molecule has 96 valence electrons. The van der Waals surface area contributed by atoms with Crippen molar-refractivity contribution in [2.75, 3.05) is 10.7 Å². The maximum Gasteiger partial charge on any atom is 0.239 e. The predicted octanol–water partition coefficient (Wildman–Crippen LogP) is 2.05. The van der Waals surface area contributed by atoms with Crippen molar-refractivity contribution < 1.29 is 4.42 Å². The zero-order valence-electron chi connectivity index (χ0n) is 9.85. The van der Waals surface area contributed by atoms with Gasteiger partial charge < -0.3 is 9.73 Å². The van der Waals surface area contributed by atoms with Gasteiger partial charge in [-0.05, 0) is 19.1 Å². The van der Waals surface area contributed by atoms with Gasteiger partial charge in [0.2, 0.25) is 5.95 Å². The Morgan fingerprint density at radius 2 is 2.39 bits per heavy atom. The molecule has 2 aromatic rings. The van der Waals surface area contributed by atoms with Crippen LogP contribution in [0.25, 0.3) is 0 Å². The van der Waals surface area contributed by atoms with Gasteiger partial charge in [-0.3, -0.25) is 5.43 Å². The molecule has 7 heteroatoms. The molecule has 2 rings (SSSR count). The summed E-state index contributed by atoms with van der Waals surface area (Å²) in [6.07, 6.45) is 3.88. The Morgan fingerprint density at radius 1 is 1.56 bits per heavy atom.